The first-order valence-electron chi connectivity index (χ1n) is 5.27. The van der Waals surface area contributed by atoms with Gasteiger partial charge in [0.25, 0.3) is 0 Å². The van der Waals surface area contributed by atoms with E-state index in [0.29, 0.717) is 0 Å². The van der Waals surface area contributed by atoms with E-state index in [0.717, 1.165) is 17.9 Å². The van der Waals surface area contributed by atoms with E-state index in [1.54, 1.807) is 0 Å². The topological polar surface area (TPSA) is 3.24 Å². The van der Waals surface area contributed by atoms with E-state index < -0.39 is 0 Å². The molecule has 0 aromatic carbocycles. The van der Waals surface area contributed by atoms with Crippen LogP contribution in [0, 0.1) is 11.8 Å². The molecule has 1 fully saturated rings. The van der Waals surface area contributed by atoms with Crippen LogP contribution in [-0.2, 0) is 0 Å². The second-order valence-electron chi connectivity index (χ2n) is 4.79. The predicted octanol–water partition coefficient (Wildman–Crippen LogP) is 2.76. The SMILES string of the molecule is CC(C)[C@H]1CCC[C@H](N(C)C)C1. The highest BCUT2D eigenvalue weighted by Gasteiger charge is 2.24. The smallest absolute Gasteiger partial charge is 0.00919 e. The fraction of sp³-hybridized carbons (Fsp3) is 1.00. The van der Waals surface area contributed by atoms with Crippen molar-refractivity contribution in [1.82, 2.24) is 4.90 Å². The van der Waals surface area contributed by atoms with Crippen LogP contribution in [0.1, 0.15) is 39.5 Å². The van der Waals surface area contributed by atoms with E-state index in [4.69, 9.17) is 0 Å². The summed E-state index contributed by atoms with van der Waals surface area (Å²) in [6.45, 7) is 4.73. The maximum Gasteiger partial charge on any atom is 0.00919 e. The monoisotopic (exact) mass is 169 g/mol. The summed E-state index contributed by atoms with van der Waals surface area (Å²) >= 11 is 0. The summed E-state index contributed by atoms with van der Waals surface area (Å²) in [4.78, 5) is 2.40. The van der Waals surface area contributed by atoms with Gasteiger partial charge < -0.3 is 4.90 Å². The molecule has 1 aliphatic carbocycles. The van der Waals surface area contributed by atoms with Crippen LogP contribution in [-0.4, -0.2) is 25.0 Å². The first kappa shape index (κ1) is 10.0. The second-order valence-corrected chi connectivity index (χ2v) is 4.79. The predicted molar refractivity (Wildman–Crippen MR) is 54.3 cm³/mol. The van der Waals surface area contributed by atoms with Crippen LogP contribution < -0.4 is 0 Å². The summed E-state index contributed by atoms with van der Waals surface area (Å²) in [5.74, 6) is 1.86. The van der Waals surface area contributed by atoms with Gasteiger partial charge in [-0.05, 0) is 38.8 Å². The largest absolute Gasteiger partial charge is 0.306 e. The molecule has 0 aromatic rings. The molecule has 12 heavy (non-hydrogen) atoms. The van der Waals surface area contributed by atoms with Crippen molar-refractivity contribution in [2.24, 2.45) is 11.8 Å². The first-order valence-corrected chi connectivity index (χ1v) is 5.27. The number of rotatable bonds is 2. The van der Waals surface area contributed by atoms with Crippen LogP contribution in [0.25, 0.3) is 0 Å². The Hall–Kier alpha value is -0.0400. The minimum Gasteiger partial charge on any atom is -0.306 e. The maximum atomic E-state index is 2.40. The number of hydrogen-bond donors (Lipinski definition) is 0. The zero-order valence-corrected chi connectivity index (χ0v) is 9.01. The third-order valence-electron chi connectivity index (χ3n) is 3.36. The molecule has 72 valence electrons. The molecular formula is C11H23N. The minimum atomic E-state index is 0.853. The summed E-state index contributed by atoms with van der Waals surface area (Å²) < 4.78 is 0. The Bertz CT molecular complexity index is 115. The lowest BCUT2D eigenvalue weighted by molar-refractivity contribution is 0.159. The lowest BCUT2D eigenvalue weighted by Gasteiger charge is -2.35. The zero-order chi connectivity index (χ0) is 9.14. The van der Waals surface area contributed by atoms with Crippen molar-refractivity contribution in [3.63, 3.8) is 0 Å². The number of hydrogen-bond acceptors (Lipinski definition) is 1. The molecule has 0 saturated heterocycles. The maximum absolute atomic E-state index is 2.40. The number of nitrogens with zero attached hydrogens (tertiary/aromatic N) is 1. The molecule has 0 N–H and O–H groups in total. The van der Waals surface area contributed by atoms with Gasteiger partial charge in [-0.25, -0.2) is 0 Å². The first-order chi connectivity index (χ1) is 5.61. The van der Waals surface area contributed by atoms with Crippen LogP contribution in [0.15, 0.2) is 0 Å². The average molecular weight is 169 g/mol. The Balaban J connectivity index is 2.40. The van der Waals surface area contributed by atoms with Gasteiger partial charge in [0.05, 0.1) is 0 Å². The zero-order valence-electron chi connectivity index (χ0n) is 9.01. The molecule has 1 saturated carbocycles. The molecule has 0 radical (unpaired) electrons. The van der Waals surface area contributed by atoms with Crippen LogP contribution in [0.2, 0.25) is 0 Å². The highest BCUT2D eigenvalue weighted by molar-refractivity contribution is 4.78. The molecule has 1 rings (SSSR count). The van der Waals surface area contributed by atoms with Crippen molar-refractivity contribution >= 4 is 0 Å². The molecular weight excluding hydrogens is 146 g/mol. The summed E-state index contributed by atoms with van der Waals surface area (Å²) in [7, 11) is 4.43. The fourth-order valence-electron chi connectivity index (χ4n) is 2.28. The van der Waals surface area contributed by atoms with Crippen molar-refractivity contribution in [2.75, 3.05) is 14.1 Å². The van der Waals surface area contributed by atoms with E-state index >= 15 is 0 Å². The molecule has 0 bridgehead atoms. The lowest BCUT2D eigenvalue weighted by Crippen LogP contribution is -2.34. The lowest BCUT2D eigenvalue weighted by atomic mass is 9.79. The van der Waals surface area contributed by atoms with Gasteiger partial charge in [-0.15, -0.1) is 0 Å². The normalized spacial score (nSPS) is 31.5. The average Bonchev–Trinajstić information content (AvgIpc) is 2.04. The summed E-state index contributed by atoms with van der Waals surface area (Å²) in [6.07, 6.45) is 5.73. The van der Waals surface area contributed by atoms with E-state index in [1.165, 1.54) is 25.7 Å². The van der Waals surface area contributed by atoms with Gasteiger partial charge in [-0.3, -0.25) is 0 Å². The molecule has 0 aliphatic heterocycles. The van der Waals surface area contributed by atoms with Crippen LogP contribution >= 0.6 is 0 Å². The van der Waals surface area contributed by atoms with Gasteiger partial charge in [0.1, 0.15) is 0 Å². The Kier molecular flexibility index (Phi) is 3.57. The van der Waals surface area contributed by atoms with Gasteiger partial charge in [-0.1, -0.05) is 26.7 Å². The molecule has 2 atom stereocenters. The third kappa shape index (κ3) is 2.48. The summed E-state index contributed by atoms with van der Waals surface area (Å²) in [6, 6.07) is 0.853. The molecule has 1 nitrogen and oxygen atoms in total. The Morgan fingerprint density at radius 2 is 1.83 bits per heavy atom. The van der Waals surface area contributed by atoms with Gasteiger partial charge in [0, 0.05) is 6.04 Å². The van der Waals surface area contributed by atoms with E-state index in [9.17, 15) is 0 Å². The Morgan fingerprint density at radius 3 is 2.33 bits per heavy atom. The van der Waals surface area contributed by atoms with Gasteiger partial charge in [0.15, 0.2) is 0 Å². The van der Waals surface area contributed by atoms with Crippen LogP contribution in [0.5, 0.6) is 0 Å². The van der Waals surface area contributed by atoms with Crippen LogP contribution in [0.4, 0.5) is 0 Å². The second kappa shape index (κ2) is 4.27. The van der Waals surface area contributed by atoms with Crippen molar-refractivity contribution in [1.29, 1.82) is 0 Å². The van der Waals surface area contributed by atoms with E-state index in [-0.39, 0.29) is 0 Å². The quantitative estimate of drug-likeness (QED) is 0.614. The van der Waals surface area contributed by atoms with Gasteiger partial charge in [0.2, 0.25) is 0 Å². The third-order valence-corrected chi connectivity index (χ3v) is 3.36. The molecule has 0 heterocycles. The molecule has 1 heteroatoms. The van der Waals surface area contributed by atoms with Crippen LogP contribution in [0.3, 0.4) is 0 Å². The molecule has 0 spiro atoms. The summed E-state index contributed by atoms with van der Waals surface area (Å²) in [5.41, 5.74) is 0. The minimum absolute atomic E-state index is 0.853. The highest BCUT2D eigenvalue weighted by Crippen LogP contribution is 2.31. The van der Waals surface area contributed by atoms with Crippen molar-refractivity contribution in [3.8, 4) is 0 Å². The Morgan fingerprint density at radius 1 is 1.17 bits per heavy atom. The fourth-order valence-corrected chi connectivity index (χ4v) is 2.28. The van der Waals surface area contributed by atoms with Crippen molar-refractivity contribution in [3.05, 3.63) is 0 Å². The van der Waals surface area contributed by atoms with Crippen molar-refractivity contribution in [2.45, 2.75) is 45.6 Å². The standard InChI is InChI=1S/C11H23N/c1-9(2)10-6-5-7-11(8-10)12(3)4/h9-11H,5-8H2,1-4H3/t10-,11-/m0/s1. The highest BCUT2D eigenvalue weighted by atomic mass is 15.1. The van der Waals surface area contributed by atoms with Gasteiger partial charge >= 0.3 is 0 Å². The molecule has 1 aliphatic rings. The van der Waals surface area contributed by atoms with E-state index in [2.05, 4.69) is 32.8 Å². The van der Waals surface area contributed by atoms with E-state index in [1.807, 2.05) is 0 Å². The molecule has 0 amide bonds. The Labute approximate surface area is 77.1 Å². The summed E-state index contributed by atoms with van der Waals surface area (Å²) in [5, 5.41) is 0. The molecule has 0 aromatic heterocycles. The van der Waals surface area contributed by atoms with Crippen molar-refractivity contribution < 1.29 is 0 Å². The molecule has 0 unspecified atom stereocenters. The van der Waals surface area contributed by atoms with Gasteiger partial charge in [-0.2, -0.15) is 0 Å².